The second-order valence-corrected chi connectivity index (χ2v) is 10.0. The molecule has 0 bridgehead atoms. The fourth-order valence-corrected chi connectivity index (χ4v) is 4.14. The fraction of sp³-hybridized carbons (Fsp3) is 1.00. The van der Waals surface area contributed by atoms with Crippen molar-refractivity contribution < 1.29 is 21.6 Å². The van der Waals surface area contributed by atoms with Crippen LogP contribution < -0.4 is 0 Å². The molecule has 0 aromatic rings. The van der Waals surface area contributed by atoms with E-state index in [1.165, 1.54) is 133 Å². The SMILES string of the molecule is CCCCCCCCCCCCCCCCCC[N+](CC)(CC)CC.COS(=O)(=O)[O-]. The predicted octanol–water partition coefficient (Wildman–Crippen LogP) is 7.22. The highest BCUT2D eigenvalue weighted by Gasteiger charge is 2.19. The number of hydrogen-bond acceptors (Lipinski definition) is 4. The van der Waals surface area contributed by atoms with Gasteiger partial charge in [-0.3, -0.25) is 4.18 Å². The van der Waals surface area contributed by atoms with Crippen LogP contribution in [0.4, 0.5) is 0 Å². The molecule has 0 aromatic carbocycles. The van der Waals surface area contributed by atoms with Crippen molar-refractivity contribution in [3.05, 3.63) is 0 Å². The lowest BCUT2D eigenvalue weighted by molar-refractivity contribution is -0.923. The smallest absolute Gasteiger partial charge is 0.217 e. The highest BCUT2D eigenvalue weighted by molar-refractivity contribution is 7.80. The number of quaternary nitrogens is 1. The molecule has 0 aliphatic carbocycles. The third kappa shape index (κ3) is 24.3. The van der Waals surface area contributed by atoms with E-state index in [9.17, 15) is 13.0 Å². The van der Waals surface area contributed by atoms with Crippen LogP contribution in [0, 0.1) is 0 Å². The molecule has 31 heavy (non-hydrogen) atoms. The van der Waals surface area contributed by atoms with Gasteiger partial charge in [0, 0.05) is 0 Å². The molecule has 0 spiro atoms. The summed E-state index contributed by atoms with van der Waals surface area (Å²) in [6.07, 6.45) is 23.4. The summed E-state index contributed by atoms with van der Waals surface area (Å²) < 4.78 is 32.4. The largest absolute Gasteiger partial charge is 0.726 e. The quantitative estimate of drug-likeness (QED) is 0.0776. The second kappa shape index (κ2) is 23.0. The molecule has 0 radical (unpaired) electrons. The van der Waals surface area contributed by atoms with E-state index in [0.29, 0.717) is 0 Å². The predicted molar refractivity (Wildman–Crippen MR) is 133 cm³/mol. The molecule has 0 rings (SSSR count). The highest BCUT2D eigenvalue weighted by Crippen LogP contribution is 2.15. The summed E-state index contributed by atoms with van der Waals surface area (Å²) in [5.74, 6) is 0. The van der Waals surface area contributed by atoms with E-state index in [1.54, 1.807) is 0 Å². The van der Waals surface area contributed by atoms with Gasteiger partial charge in [-0.25, -0.2) is 8.42 Å². The van der Waals surface area contributed by atoms with Gasteiger partial charge < -0.3 is 9.04 Å². The average Bonchev–Trinajstić information content (AvgIpc) is 2.76. The van der Waals surface area contributed by atoms with Crippen molar-refractivity contribution in [1.29, 1.82) is 0 Å². The van der Waals surface area contributed by atoms with Crippen molar-refractivity contribution in [2.45, 2.75) is 130 Å². The van der Waals surface area contributed by atoms with Crippen molar-refractivity contribution in [3.63, 3.8) is 0 Å². The van der Waals surface area contributed by atoms with Gasteiger partial charge in [0.05, 0.1) is 33.3 Å². The number of rotatable bonds is 21. The molecule has 0 heterocycles. The van der Waals surface area contributed by atoms with Crippen LogP contribution in [0.1, 0.15) is 130 Å². The Balaban J connectivity index is 0. The van der Waals surface area contributed by atoms with Gasteiger partial charge in [0.25, 0.3) is 0 Å². The molecule has 0 saturated heterocycles. The van der Waals surface area contributed by atoms with Crippen molar-refractivity contribution in [1.82, 2.24) is 0 Å². The molecule has 5 nitrogen and oxygen atoms in total. The summed E-state index contributed by atoms with van der Waals surface area (Å²) in [5, 5.41) is 0. The zero-order chi connectivity index (χ0) is 23.8. The maximum atomic E-state index is 9.22. The van der Waals surface area contributed by atoms with E-state index >= 15 is 0 Å². The minimum Gasteiger partial charge on any atom is -0.726 e. The zero-order valence-corrected chi connectivity index (χ0v) is 22.4. The highest BCUT2D eigenvalue weighted by atomic mass is 32.3. The third-order valence-electron chi connectivity index (χ3n) is 6.70. The van der Waals surface area contributed by atoms with E-state index in [0.717, 1.165) is 7.11 Å². The molecule has 0 aromatic heterocycles. The molecule has 0 aliphatic rings. The van der Waals surface area contributed by atoms with Crippen molar-refractivity contribution in [2.75, 3.05) is 33.3 Å². The summed E-state index contributed by atoms with van der Waals surface area (Å²) in [6.45, 7) is 14.7. The first-order chi connectivity index (χ1) is 14.8. The first-order valence-electron chi connectivity index (χ1n) is 13.2. The Morgan fingerprint density at radius 3 is 1.06 bits per heavy atom. The molecule has 0 aliphatic heterocycles. The first-order valence-corrected chi connectivity index (χ1v) is 14.5. The average molecular weight is 466 g/mol. The molecule has 0 N–H and O–H groups in total. The van der Waals surface area contributed by atoms with Gasteiger partial charge >= 0.3 is 0 Å². The maximum Gasteiger partial charge on any atom is 0.217 e. The van der Waals surface area contributed by atoms with E-state index in [4.69, 9.17) is 0 Å². The molecule has 0 saturated carbocycles. The zero-order valence-electron chi connectivity index (χ0n) is 21.6. The maximum absolute atomic E-state index is 9.22. The summed E-state index contributed by atoms with van der Waals surface area (Å²) in [5.41, 5.74) is 0. The van der Waals surface area contributed by atoms with Crippen LogP contribution in [0.15, 0.2) is 0 Å². The lowest BCUT2D eigenvalue weighted by Gasteiger charge is -2.35. The van der Waals surface area contributed by atoms with E-state index in [-0.39, 0.29) is 0 Å². The Morgan fingerprint density at radius 2 is 0.839 bits per heavy atom. The van der Waals surface area contributed by atoms with Gasteiger partial charge in [-0.1, -0.05) is 96.8 Å². The van der Waals surface area contributed by atoms with Gasteiger partial charge in [-0.15, -0.1) is 0 Å². The van der Waals surface area contributed by atoms with Gasteiger partial charge in [0.1, 0.15) is 0 Å². The van der Waals surface area contributed by atoms with E-state index in [1.807, 2.05) is 0 Å². The van der Waals surface area contributed by atoms with E-state index < -0.39 is 10.4 Å². The molecule has 0 amide bonds. The lowest BCUT2D eigenvalue weighted by Crippen LogP contribution is -2.48. The molecule has 6 heteroatoms. The fourth-order valence-electron chi connectivity index (χ4n) is 4.14. The van der Waals surface area contributed by atoms with Gasteiger partial charge in [0.2, 0.25) is 10.4 Å². The van der Waals surface area contributed by atoms with Crippen molar-refractivity contribution >= 4 is 10.4 Å². The van der Waals surface area contributed by atoms with E-state index in [2.05, 4.69) is 31.9 Å². The number of nitrogens with zero attached hydrogens (tertiary/aromatic N) is 1. The van der Waals surface area contributed by atoms with Crippen LogP contribution in [0.3, 0.4) is 0 Å². The minimum atomic E-state index is -4.41. The lowest BCUT2D eigenvalue weighted by atomic mass is 10.0. The normalized spacial score (nSPS) is 11.9. The number of unbranched alkanes of at least 4 members (excludes halogenated alkanes) is 15. The first kappa shape index (κ1) is 33.0. The summed E-state index contributed by atoms with van der Waals surface area (Å²) in [6, 6.07) is 0. The van der Waals surface area contributed by atoms with Crippen LogP contribution in [0.25, 0.3) is 0 Å². The Labute approximate surface area is 195 Å². The standard InChI is InChI=1S/C24H52N.CH4O4S/c1-5-9-10-11-12-13-14-15-16-17-18-19-20-21-22-23-24-25(6-2,7-3)8-4;1-5-6(2,3)4/h5-24H2,1-4H3;1H3,(H,2,3,4)/q+1;/p-1. The summed E-state index contributed by atoms with van der Waals surface area (Å²) in [7, 11) is -3.60. The van der Waals surface area contributed by atoms with Crippen LogP contribution in [0.5, 0.6) is 0 Å². The minimum absolute atomic E-state index is 0.808. The molecule has 190 valence electrons. The Kier molecular flexibility index (Phi) is 24.5. The molecular weight excluding hydrogens is 410 g/mol. The van der Waals surface area contributed by atoms with Crippen LogP contribution >= 0.6 is 0 Å². The Hall–Kier alpha value is -0.170. The Morgan fingerprint density at radius 1 is 0.581 bits per heavy atom. The van der Waals surface area contributed by atoms with Crippen LogP contribution in [-0.2, 0) is 14.6 Å². The number of hydrogen-bond donors (Lipinski definition) is 0. The van der Waals surface area contributed by atoms with Gasteiger partial charge in [0.15, 0.2) is 0 Å². The summed E-state index contributed by atoms with van der Waals surface area (Å²) in [4.78, 5) is 0. The van der Waals surface area contributed by atoms with Crippen molar-refractivity contribution in [2.24, 2.45) is 0 Å². The molecular formula is C25H55NO4S. The third-order valence-corrected chi connectivity index (χ3v) is 7.11. The Bertz CT molecular complexity index is 442. The topological polar surface area (TPSA) is 66.4 Å². The second-order valence-electron chi connectivity index (χ2n) is 8.89. The molecule has 0 unspecified atom stereocenters. The molecule has 0 fully saturated rings. The summed E-state index contributed by atoms with van der Waals surface area (Å²) >= 11 is 0. The molecule has 0 atom stereocenters. The van der Waals surface area contributed by atoms with Crippen LogP contribution in [0.2, 0.25) is 0 Å². The van der Waals surface area contributed by atoms with Crippen LogP contribution in [-0.4, -0.2) is 50.7 Å². The van der Waals surface area contributed by atoms with Gasteiger partial charge in [-0.05, 0) is 33.6 Å². The van der Waals surface area contributed by atoms with Crippen molar-refractivity contribution in [3.8, 4) is 0 Å². The van der Waals surface area contributed by atoms with Gasteiger partial charge in [-0.2, -0.15) is 0 Å². The monoisotopic (exact) mass is 465 g/mol.